The second-order valence-electron chi connectivity index (χ2n) is 8.32. The van der Waals surface area contributed by atoms with Crippen molar-refractivity contribution in [1.29, 1.82) is 0 Å². The van der Waals surface area contributed by atoms with E-state index in [-0.39, 0.29) is 26.5 Å². The Morgan fingerprint density at radius 1 is 0.900 bits per heavy atom. The van der Waals surface area contributed by atoms with Gasteiger partial charge in [0.05, 0.1) is 7.11 Å². The Bertz CT molecular complexity index is 799. The van der Waals surface area contributed by atoms with Crippen LogP contribution in [0.3, 0.4) is 0 Å². The van der Waals surface area contributed by atoms with Crippen LogP contribution >= 0.6 is 0 Å². The number of hydrogen-bond acceptors (Lipinski definition) is 4. The Morgan fingerprint density at radius 3 is 1.77 bits per heavy atom. The fourth-order valence-corrected chi connectivity index (χ4v) is 4.17. The van der Waals surface area contributed by atoms with Crippen LogP contribution in [0.15, 0.2) is 48.5 Å². The number of benzene rings is 2. The Kier molecular flexibility index (Phi) is 9.97. The molecule has 3 rings (SSSR count). The summed E-state index contributed by atoms with van der Waals surface area (Å²) in [6, 6.07) is 16.3. The molecule has 1 saturated carbocycles. The summed E-state index contributed by atoms with van der Waals surface area (Å²) >= 11 is 0. The first kappa shape index (κ1) is 26.1. The van der Waals surface area contributed by atoms with Gasteiger partial charge in [0.1, 0.15) is 5.75 Å². The van der Waals surface area contributed by atoms with Crippen molar-refractivity contribution in [2.24, 2.45) is 11.3 Å². The second kappa shape index (κ2) is 11.5. The molecule has 0 heterocycles. The third-order valence-electron chi connectivity index (χ3n) is 6.39. The van der Waals surface area contributed by atoms with Crippen molar-refractivity contribution in [3.05, 3.63) is 59.7 Å². The molecule has 1 fully saturated rings. The van der Waals surface area contributed by atoms with Gasteiger partial charge in [-0.05, 0) is 59.6 Å². The van der Waals surface area contributed by atoms with Crippen LogP contribution in [0.1, 0.15) is 58.1 Å². The van der Waals surface area contributed by atoms with Gasteiger partial charge in [0, 0.05) is 5.41 Å². The van der Waals surface area contributed by atoms with E-state index < -0.39 is 0 Å². The number of carbonyl (C=O) groups excluding carboxylic acids is 2. The van der Waals surface area contributed by atoms with Crippen LogP contribution in [0, 0.1) is 11.3 Å². The predicted octanol–water partition coefficient (Wildman–Crippen LogP) is 5.39. The summed E-state index contributed by atoms with van der Waals surface area (Å²) in [6.07, 6.45) is 4.85. The molecule has 0 bridgehead atoms. The molecule has 0 radical (unpaired) electrons. The van der Waals surface area contributed by atoms with Gasteiger partial charge in [-0.25, -0.2) is 0 Å². The third kappa shape index (κ3) is 5.82. The number of methoxy groups -OCH3 is 1. The summed E-state index contributed by atoms with van der Waals surface area (Å²) in [4.78, 5) is 19.1. The van der Waals surface area contributed by atoms with Gasteiger partial charge in [-0.15, -0.1) is 12.1 Å². The Morgan fingerprint density at radius 2 is 1.37 bits per heavy atom. The van der Waals surface area contributed by atoms with Crippen LogP contribution in [-0.2, 0) is 36.1 Å². The standard InChI is InChI=1S/C23H27O3.C2H3O.W/c1-17-15-23(14-13-22(17,2)3,18-5-9-20(25-4)10-6-18)19-7-11-21(12-8-19)26-16-24;1-2-3;/h5-12,17H,13-15H2,1-4H3;1H3;/q2*-1;+2. The van der Waals surface area contributed by atoms with E-state index in [1.807, 2.05) is 24.3 Å². The summed E-state index contributed by atoms with van der Waals surface area (Å²) in [6.45, 7) is 9.90. The van der Waals surface area contributed by atoms with E-state index in [1.165, 1.54) is 37.2 Å². The largest absolute Gasteiger partial charge is 2.00 e. The molecule has 0 saturated heterocycles. The van der Waals surface area contributed by atoms with Crippen LogP contribution in [0.5, 0.6) is 11.5 Å². The summed E-state index contributed by atoms with van der Waals surface area (Å²) in [5.41, 5.74) is 2.88. The van der Waals surface area contributed by atoms with E-state index in [0.717, 1.165) is 18.6 Å². The smallest absolute Gasteiger partial charge is 0.610 e. The molecule has 0 aliphatic heterocycles. The molecule has 30 heavy (non-hydrogen) atoms. The van der Waals surface area contributed by atoms with E-state index in [9.17, 15) is 4.79 Å². The van der Waals surface area contributed by atoms with Gasteiger partial charge in [0.2, 0.25) is 0 Å². The molecular weight excluding hydrogens is 548 g/mol. The van der Waals surface area contributed by atoms with Gasteiger partial charge >= 0.3 is 21.1 Å². The van der Waals surface area contributed by atoms with E-state index in [2.05, 4.69) is 45.0 Å². The summed E-state index contributed by atoms with van der Waals surface area (Å²) < 4.78 is 10.2. The van der Waals surface area contributed by atoms with Gasteiger partial charge in [0.15, 0.2) is 6.47 Å². The van der Waals surface area contributed by atoms with Crippen LogP contribution in [-0.4, -0.2) is 19.9 Å². The first-order valence-electron chi connectivity index (χ1n) is 9.91. The molecule has 160 valence electrons. The van der Waals surface area contributed by atoms with Crippen molar-refractivity contribution >= 4 is 12.8 Å². The molecule has 2 aromatic carbocycles. The molecule has 4 nitrogen and oxygen atoms in total. The van der Waals surface area contributed by atoms with E-state index in [4.69, 9.17) is 14.3 Å². The van der Waals surface area contributed by atoms with Gasteiger partial charge < -0.3 is 19.1 Å². The minimum atomic E-state index is -0.0371. The van der Waals surface area contributed by atoms with Gasteiger partial charge in [0.25, 0.3) is 0 Å². The molecule has 0 amide bonds. The SMILES string of the molecule is COc1ccc(C2(c3ccc(O[C-]=O)cc3)CCC(C)(C)C(C)C2)cc1.C[C-]=O.[W+2]. The first-order chi connectivity index (χ1) is 13.8. The van der Waals surface area contributed by atoms with E-state index in [1.54, 1.807) is 7.11 Å². The third-order valence-corrected chi connectivity index (χ3v) is 6.39. The fourth-order valence-electron chi connectivity index (χ4n) is 4.17. The topological polar surface area (TPSA) is 52.6 Å². The van der Waals surface area contributed by atoms with Crippen LogP contribution in [0.25, 0.3) is 0 Å². The molecule has 1 aliphatic carbocycles. The zero-order chi connectivity index (χ0) is 21.5. The molecule has 0 spiro atoms. The normalized spacial score (nSPS) is 21.8. The maximum absolute atomic E-state index is 10.5. The zero-order valence-corrected chi connectivity index (χ0v) is 21.3. The molecule has 0 N–H and O–H groups in total. The molecule has 1 aliphatic rings. The number of rotatable bonds is 5. The maximum atomic E-state index is 10.5. The second-order valence-corrected chi connectivity index (χ2v) is 8.32. The zero-order valence-electron chi connectivity index (χ0n) is 18.4. The average Bonchev–Trinajstić information content (AvgIpc) is 2.72. The Hall–Kier alpha value is -1.93. The van der Waals surface area contributed by atoms with Crippen molar-refractivity contribution in [1.82, 2.24) is 0 Å². The van der Waals surface area contributed by atoms with E-state index in [0.29, 0.717) is 17.1 Å². The molecule has 2 aromatic rings. The van der Waals surface area contributed by atoms with Gasteiger partial charge in [-0.3, -0.25) is 6.29 Å². The molecule has 2 unspecified atom stereocenters. The average molecular weight is 578 g/mol. The van der Waals surface area contributed by atoms with Crippen LogP contribution < -0.4 is 9.47 Å². The summed E-state index contributed by atoms with van der Waals surface area (Å²) in [5, 5.41) is 0. The Balaban J connectivity index is 0.00000106. The minimum Gasteiger partial charge on any atom is -0.610 e. The first-order valence-corrected chi connectivity index (χ1v) is 9.91. The number of ether oxygens (including phenoxy) is 2. The summed E-state index contributed by atoms with van der Waals surface area (Å²) in [5.74, 6) is 1.99. The van der Waals surface area contributed by atoms with Crippen LogP contribution in [0.4, 0.5) is 0 Å². The van der Waals surface area contributed by atoms with Gasteiger partial charge in [-0.2, -0.15) is 6.92 Å². The molecule has 0 aromatic heterocycles. The van der Waals surface area contributed by atoms with Crippen molar-refractivity contribution in [3.8, 4) is 11.5 Å². The Labute approximate surface area is 194 Å². The predicted molar refractivity (Wildman–Crippen MR) is 115 cm³/mol. The van der Waals surface area contributed by atoms with Crippen molar-refractivity contribution < 1.29 is 40.1 Å². The number of hydrogen-bond donors (Lipinski definition) is 0. The molecular formula is C25H30O4W. The quantitative estimate of drug-likeness (QED) is 0.447. The van der Waals surface area contributed by atoms with E-state index >= 15 is 0 Å². The molecule has 2 atom stereocenters. The van der Waals surface area contributed by atoms with Crippen molar-refractivity contribution in [3.63, 3.8) is 0 Å². The fraction of sp³-hybridized carbons (Fsp3) is 0.440. The monoisotopic (exact) mass is 578 g/mol. The summed E-state index contributed by atoms with van der Waals surface area (Å²) in [7, 11) is 1.69. The molecule has 5 heteroatoms. The van der Waals surface area contributed by atoms with Crippen LogP contribution in [0.2, 0.25) is 0 Å². The van der Waals surface area contributed by atoms with Crippen molar-refractivity contribution in [2.75, 3.05) is 7.11 Å². The minimum absolute atomic E-state index is 0. The van der Waals surface area contributed by atoms with Gasteiger partial charge in [-0.1, -0.05) is 45.0 Å². The maximum Gasteiger partial charge on any atom is 2.00 e. The van der Waals surface area contributed by atoms with Crippen molar-refractivity contribution in [2.45, 2.75) is 52.4 Å².